The van der Waals surface area contributed by atoms with E-state index in [-0.39, 0.29) is 0 Å². The van der Waals surface area contributed by atoms with Gasteiger partial charge in [0.2, 0.25) is 0 Å². The second-order valence-corrected chi connectivity index (χ2v) is 4.57. The third-order valence-corrected chi connectivity index (χ3v) is 3.14. The highest BCUT2D eigenvalue weighted by atomic mass is 16.5. The van der Waals surface area contributed by atoms with E-state index in [4.69, 9.17) is 10.5 Å². The van der Waals surface area contributed by atoms with Crippen molar-refractivity contribution in [2.24, 2.45) is 5.73 Å². The number of amides is 2. The zero-order valence-corrected chi connectivity index (χ0v) is 11.6. The molecule has 112 valence electrons. The van der Waals surface area contributed by atoms with Gasteiger partial charge in [-0.1, -0.05) is 18.7 Å². The molecule has 1 aromatic rings. The fourth-order valence-corrected chi connectivity index (χ4v) is 1.96. The molecule has 1 saturated heterocycles. The van der Waals surface area contributed by atoms with E-state index in [9.17, 15) is 9.59 Å². The molecular weight excluding hydrogens is 272 g/mol. The second-order valence-electron chi connectivity index (χ2n) is 4.57. The number of primary amides is 1. The molecule has 0 spiro atoms. The Hall–Kier alpha value is -2.54. The van der Waals surface area contributed by atoms with Crippen LogP contribution in [0.4, 0.5) is 5.69 Å². The van der Waals surface area contributed by atoms with Gasteiger partial charge in [0.1, 0.15) is 0 Å². The number of nitrogens with zero attached hydrogens (tertiary/aromatic N) is 1. The van der Waals surface area contributed by atoms with Crippen LogP contribution >= 0.6 is 0 Å². The molecule has 0 atom stereocenters. The first kappa shape index (κ1) is 14.9. The third-order valence-electron chi connectivity index (χ3n) is 3.14. The lowest BCUT2D eigenvalue weighted by Gasteiger charge is -2.29. The van der Waals surface area contributed by atoms with Gasteiger partial charge in [0.25, 0.3) is 0 Å². The predicted molar refractivity (Wildman–Crippen MR) is 79.0 cm³/mol. The topological polar surface area (TPSA) is 96.7 Å². The van der Waals surface area contributed by atoms with E-state index in [0.29, 0.717) is 5.70 Å². The fraction of sp³-hybridized carbons (Fsp3) is 0.286. The summed E-state index contributed by atoms with van der Waals surface area (Å²) in [4.78, 5) is 23.9. The van der Waals surface area contributed by atoms with Crippen LogP contribution in [0.5, 0.6) is 0 Å². The lowest BCUT2D eigenvalue weighted by Crippen LogP contribution is -2.43. The van der Waals surface area contributed by atoms with Gasteiger partial charge in [-0.15, -0.1) is 0 Å². The number of morpholine rings is 1. The van der Waals surface area contributed by atoms with E-state index in [2.05, 4.69) is 22.3 Å². The van der Waals surface area contributed by atoms with Crippen molar-refractivity contribution in [3.8, 4) is 0 Å². The molecule has 1 heterocycles. The highest BCUT2D eigenvalue weighted by Gasteiger charge is 2.11. The quantitative estimate of drug-likeness (QED) is 0.518. The molecule has 1 aliphatic heterocycles. The smallest absolute Gasteiger partial charge is 0.327 e. The van der Waals surface area contributed by atoms with Gasteiger partial charge in [-0.2, -0.15) is 0 Å². The number of benzene rings is 1. The lowest BCUT2D eigenvalue weighted by atomic mass is 10.1. The van der Waals surface area contributed by atoms with Gasteiger partial charge in [0.05, 0.1) is 18.9 Å². The van der Waals surface area contributed by atoms with Gasteiger partial charge in [0.15, 0.2) is 0 Å². The largest absolute Gasteiger partial charge is 0.378 e. The van der Waals surface area contributed by atoms with Crippen molar-refractivity contribution in [3.05, 3.63) is 36.4 Å². The summed E-state index contributed by atoms with van der Waals surface area (Å²) in [5.41, 5.74) is 11.9. The first-order valence-electron chi connectivity index (χ1n) is 6.56. The first-order chi connectivity index (χ1) is 10.1. The molecule has 0 aromatic heterocycles. The van der Waals surface area contributed by atoms with E-state index in [1.165, 1.54) is 0 Å². The summed E-state index contributed by atoms with van der Waals surface area (Å²) in [6, 6.07) is 7.72. The predicted octanol–water partition coefficient (Wildman–Crippen LogP) is -0.400. The Bertz CT molecular complexity index is 536. The second kappa shape index (κ2) is 6.76. The Morgan fingerprint density at radius 3 is 2.33 bits per heavy atom. The van der Waals surface area contributed by atoms with E-state index >= 15 is 0 Å². The molecule has 7 nitrogen and oxygen atoms in total. The molecule has 1 aromatic carbocycles. The molecule has 7 heteroatoms. The van der Waals surface area contributed by atoms with E-state index < -0.39 is 11.8 Å². The van der Waals surface area contributed by atoms with Crippen molar-refractivity contribution >= 4 is 23.2 Å². The minimum absolute atomic E-state index is 0.470. The van der Waals surface area contributed by atoms with Crippen LogP contribution in [0, 0.1) is 0 Å². The fourth-order valence-electron chi connectivity index (χ4n) is 1.96. The van der Waals surface area contributed by atoms with Crippen molar-refractivity contribution in [1.82, 2.24) is 10.9 Å². The minimum Gasteiger partial charge on any atom is -0.378 e. The van der Waals surface area contributed by atoms with Crippen molar-refractivity contribution < 1.29 is 14.3 Å². The van der Waals surface area contributed by atoms with Crippen LogP contribution < -0.4 is 21.5 Å². The van der Waals surface area contributed by atoms with Gasteiger partial charge in [-0.25, -0.2) is 0 Å². The van der Waals surface area contributed by atoms with Crippen molar-refractivity contribution in [1.29, 1.82) is 0 Å². The molecule has 1 fully saturated rings. The molecule has 0 aliphatic carbocycles. The van der Waals surface area contributed by atoms with Crippen LogP contribution in [0.25, 0.3) is 5.70 Å². The standard InChI is InChI=1S/C14H18N4O3/c1-10(16-17-14(20)13(15)19)11-2-4-12(5-3-11)18-6-8-21-9-7-18/h2-5,16H,1,6-9H2,(H2,15,19)(H,17,20). The molecule has 0 radical (unpaired) electrons. The number of hydrogen-bond acceptors (Lipinski definition) is 5. The summed E-state index contributed by atoms with van der Waals surface area (Å²) in [7, 11) is 0. The number of hydrogen-bond donors (Lipinski definition) is 3. The Labute approximate surface area is 122 Å². The Morgan fingerprint density at radius 2 is 1.76 bits per heavy atom. The molecule has 2 rings (SSSR count). The van der Waals surface area contributed by atoms with Crippen molar-refractivity contribution in [3.63, 3.8) is 0 Å². The lowest BCUT2D eigenvalue weighted by molar-refractivity contribution is -0.137. The Balaban J connectivity index is 1.93. The SMILES string of the molecule is C=C(NNC(=O)C(N)=O)c1ccc(N2CCOCC2)cc1. The Morgan fingerprint density at radius 1 is 1.14 bits per heavy atom. The van der Waals surface area contributed by atoms with Gasteiger partial charge < -0.3 is 15.4 Å². The minimum atomic E-state index is -1.06. The molecule has 1 aliphatic rings. The van der Waals surface area contributed by atoms with E-state index in [0.717, 1.165) is 37.6 Å². The van der Waals surface area contributed by atoms with Crippen LogP contribution in [0.1, 0.15) is 5.56 Å². The van der Waals surface area contributed by atoms with Crippen molar-refractivity contribution in [2.45, 2.75) is 0 Å². The summed E-state index contributed by atoms with van der Waals surface area (Å²) in [6.07, 6.45) is 0. The van der Waals surface area contributed by atoms with Gasteiger partial charge in [-0.05, 0) is 17.7 Å². The molecule has 21 heavy (non-hydrogen) atoms. The number of nitrogens with two attached hydrogens (primary N) is 1. The van der Waals surface area contributed by atoms with E-state index in [1.807, 2.05) is 24.3 Å². The van der Waals surface area contributed by atoms with Crippen molar-refractivity contribution in [2.75, 3.05) is 31.2 Å². The number of carbonyl (C=O) groups excluding carboxylic acids is 2. The molecular formula is C14H18N4O3. The number of rotatable bonds is 4. The zero-order valence-electron chi connectivity index (χ0n) is 11.6. The molecule has 0 unspecified atom stereocenters. The average molecular weight is 290 g/mol. The van der Waals surface area contributed by atoms with Crippen LogP contribution in [0.15, 0.2) is 30.8 Å². The van der Waals surface area contributed by atoms with Gasteiger partial charge in [0, 0.05) is 18.8 Å². The first-order valence-corrected chi connectivity index (χ1v) is 6.56. The van der Waals surface area contributed by atoms with Gasteiger partial charge >= 0.3 is 11.8 Å². The number of carbonyl (C=O) groups is 2. The molecule has 0 saturated carbocycles. The summed E-state index contributed by atoms with van der Waals surface area (Å²) in [6.45, 7) is 6.99. The summed E-state index contributed by atoms with van der Waals surface area (Å²) in [5, 5.41) is 0. The number of ether oxygens (including phenoxy) is 1. The Kier molecular flexibility index (Phi) is 4.78. The normalized spacial score (nSPS) is 14.4. The molecule has 0 bridgehead atoms. The maximum absolute atomic E-state index is 11.0. The maximum atomic E-state index is 11.0. The van der Waals surface area contributed by atoms with Crippen LogP contribution in [-0.2, 0) is 14.3 Å². The maximum Gasteiger partial charge on any atom is 0.327 e. The summed E-state index contributed by atoms with van der Waals surface area (Å²) >= 11 is 0. The monoisotopic (exact) mass is 290 g/mol. The number of nitrogens with one attached hydrogen (secondary N) is 2. The van der Waals surface area contributed by atoms with E-state index in [1.54, 1.807) is 0 Å². The van der Waals surface area contributed by atoms with Crippen LogP contribution in [-0.4, -0.2) is 38.1 Å². The summed E-state index contributed by atoms with van der Waals surface area (Å²) in [5.74, 6) is -1.97. The van der Waals surface area contributed by atoms with Gasteiger partial charge in [-0.3, -0.25) is 20.4 Å². The molecule has 2 amide bonds. The average Bonchev–Trinajstić information content (AvgIpc) is 2.53. The number of anilines is 1. The highest BCUT2D eigenvalue weighted by molar-refractivity contribution is 6.34. The summed E-state index contributed by atoms with van der Waals surface area (Å²) < 4.78 is 5.31. The zero-order chi connectivity index (χ0) is 15.2. The number of hydrazine groups is 1. The molecule has 4 N–H and O–H groups in total. The highest BCUT2D eigenvalue weighted by Crippen LogP contribution is 2.18. The van der Waals surface area contributed by atoms with Crippen LogP contribution in [0.3, 0.4) is 0 Å². The third kappa shape index (κ3) is 3.96. The van der Waals surface area contributed by atoms with Crippen LogP contribution in [0.2, 0.25) is 0 Å².